The first kappa shape index (κ1) is 13.8. The zero-order valence-electron chi connectivity index (χ0n) is 11.1. The van der Waals surface area contributed by atoms with Crippen LogP contribution in [0.1, 0.15) is 25.7 Å². The third-order valence-corrected chi connectivity index (χ3v) is 3.81. The third kappa shape index (κ3) is 3.93. The predicted molar refractivity (Wildman–Crippen MR) is 70.3 cm³/mol. The number of hydrogen-bond acceptors (Lipinski definition) is 4. The minimum atomic E-state index is 0.261. The van der Waals surface area contributed by atoms with Crippen LogP contribution in [0.5, 0.6) is 0 Å². The zero-order chi connectivity index (χ0) is 12.8. The van der Waals surface area contributed by atoms with Crippen LogP contribution < -0.4 is 5.73 Å². The van der Waals surface area contributed by atoms with Crippen molar-refractivity contribution in [3.05, 3.63) is 0 Å². The van der Waals surface area contributed by atoms with Crippen LogP contribution in [0.3, 0.4) is 0 Å². The number of carbonyl (C=O) groups excluding carboxylic acids is 1. The molecule has 1 atom stereocenters. The minimum absolute atomic E-state index is 0.261. The molecule has 5 nitrogen and oxygen atoms in total. The monoisotopic (exact) mass is 255 g/mol. The van der Waals surface area contributed by atoms with Crippen molar-refractivity contribution < 1.29 is 9.53 Å². The van der Waals surface area contributed by atoms with E-state index >= 15 is 0 Å². The van der Waals surface area contributed by atoms with Crippen LogP contribution in [0, 0.1) is 0 Å². The summed E-state index contributed by atoms with van der Waals surface area (Å²) in [6.07, 6.45) is 4.21. The highest BCUT2D eigenvalue weighted by molar-refractivity contribution is 5.76. The largest absolute Gasteiger partial charge is 0.377 e. The Balaban J connectivity index is 1.65. The van der Waals surface area contributed by atoms with Gasteiger partial charge < -0.3 is 15.4 Å². The molecule has 0 bridgehead atoms. The summed E-state index contributed by atoms with van der Waals surface area (Å²) in [6.45, 7) is 6.23. The predicted octanol–water partition coefficient (Wildman–Crippen LogP) is 0.0485. The maximum absolute atomic E-state index is 11.8. The summed E-state index contributed by atoms with van der Waals surface area (Å²) in [5, 5.41) is 0. The van der Waals surface area contributed by atoms with E-state index in [0.717, 1.165) is 45.8 Å². The molecule has 5 heteroatoms. The van der Waals surface area contributed by atoms with Crippen molar-refractivity contribution in [2.45, 2.75) is 31.8 Å². The van der Waals surface area contributed by atoms with Gasteiger partial charge in [0.15, 0.2) is 0 Å². The Morgan fingerprint density at radius 1 is 1.28 bits per heavy atom. The molecule has 0 saturated carbocycles. The Bertz CT molecular complexity index is 259. The fraction of sp³-hybridized carbons (Fsp3) is 0.923. The minimum Gasteiger partial charge on any atom is -0.377 e. The van der Waals surface area contributed by atoms with Gasteiger partial charge in [-0.1, -0.05) is 0 Å². The summed E-state index contributed by atoms with van der Waals surface area (Å²) < 4.78 is 5.65. The van der Waals surface area contributed by atoms with Crippen molar-refractivity contribution >= 4 is 5.91 Å². The van der Waals surface area contributed by atoms with Gasteiger partial charge in [-0.25, -0.2) is 0 Å². The Labute approximate surface area is 109 Å². The third-order valence-electron chi connectivity index (χ3n) is 3.81. The first-order chi connectivity index (χ1) is 8.79. The molecule has 0 aromatic carbocycles. The molecular formula is C13H25N3O2. The van der Waals surface area contributed by atoms with Crippen LogP contribution in [0.25, 0.3) is 0 Å². The normalized spacial score (nSPS) is 25.6. The fourth-order valence-electron chi connectivity index (χ4n) is 2.67. The second kappa shape index (κ2) is 7.07. The number of carbonyl (C=O) groups is 1. The molecule has 0 aliphatic carbocycles. The van der Waals surface area contributed by atoms with Gasteiger partial charge in [0.05, 0.1) is 6.10 Å². The Kier molecular flexibility index (Phi) is 5.41. The Morgan fingerprint density at radius 3 is 2.67 bits per heavy atom. The molecule has 2 N–H and O–H groups in total. The number of nitrogens with zero attached hydrogens (tertiary/aromatic N) is 2. The molecule has 2 rings (SSSR count). The fourth-order valence-corrected chi connectivity index (χ4v) is 2.67. The highest BCUT2D eigenvalue weighted by atomic mass is 16.5. The van der Waals surface area contributed by atoms with Gasteiger partial charge in [-0.15, -0.1) is 0 Å². The van der Waals surface area contributed by atoms with E-state index in [4.69, 9.17) is 10.5 Å². The maximum atomic E-state index is 11.8. The van der Waals surface area contributed by atoms with E-state index in [1.165, 1.54) is 12.8 Å². The lowest BCUT2D eigenvalue weighted by atomic mass is 10.2. The number of ether oxygens (including phenoxy) is 1. The van der Waals surface area contributed by atoms with Crippen LogP contribution in [0.4, 0.5) is 0 Å². The molecule has 104 valence electrons. The molecule has 0 spiro atoms. The van der Waals surface area contributed by atoms with Crippen LogP contribution in [-0.2, 0) is 9.53 Å². The highest BCUT2D eigenvalue weighted by Gasteiger charge is 2.24. The van der Waals surface area contributed by atoms with Gasteiger partial charge in [0.2, 0.25) is 5.91 Å². The van der Waals surface area contributed by atoms with Gasteiger partial charge in [0.1, 0.15) is 0 Å². The number of nitrogens with two attached hydrogens (primary N) is 1. The summed E-state index contributed by atoms with van der Waals surface area (Å²) in [5.74, 6) is 0.261. The highest BCUT2D eigenvalue weighted by Crippen LogP contribution is 2.14. The van der Waals surface area contributed by atoms with Crippen molar-refractivity contribution in [3.63, 3.8) is 0 Å². The summed E-state index contributed by atoms with van der Waals surface area (Å²) in [6, 6.07) is 0. The van der Waals surface area contributed by atoms with Gasteiger partial charge in [0, 0.05) is 45.8 Å². The van der Waals surface area contributed by atoms with E-state index in [1.807, 2.05) is 4.90 Å². The van der Waals surface area contributed by atoms with Crippen LogP contribution in [0.2, 0.25) is 0 Å². The van der Waals surface area contributed by atoms with E-state index in [1.54, 1.807) is 0 Å². The number of piperazine rings is 1. The smallest absolute Gasteiger partial charge is 0.222 e. The number of amides is 1. The zero-order valence-corrected chi connectivity index (χ0v) is 11.1. The molecule has 1 amide bonds. The summed E-state index contributed by atoms with van der Waals surface area (Å²) in [7, 11) is 0. The van der Waals surface area contributed by atoms with Gasteiger partial charge in [-0.2, -0.15) is 0 Å². The molecule has 18 heavy (non-hydrogen) atoms. The Morgan fingerprint density at radius 2 is 2.06 bits per heavy atom. The van der Waals surface area contributed by atoms with Gasteiger partial charge in [-0.3, -0.25) is 9.69 Å². The van der Waals surface area contributed by atoms with Crippen LogP contribution >= 0.6 is 0 Å². The molecule has 2 fully saturated rings. The van der Waals surface area contributed by atoms with E-state index in [9.17, 15) is 4.79 Å². The van der Waals surface area contributed by atoms with Crippen molar-refractivity contribution in [1.29, 1.82) is 0 Å². The second-order valence-corrected chi connectivity index (χ2v) is 5.21. The number of hydrogen-bond donors (Lipinski definition) is 1. The topological polar surface area (TPSA) is 58.8 Å². The molecule has 0 radical (unpaired) electrons. The molecule has 1 unspecified atom stereocenters. The van der Waals surface area contributed by atoms with Crippen molar-refractivity contribution in [2.24, 2.45) is 5.73 Å². The van der Waals surface area contributed by atoms with E-state index in [0.29, 0.717) is 19.1 Å². The molecule has 2 aliphatic heterocycles. The lowest BCUT2D eigenvalue weighted by molar-refractivity contribution is -0.133. The average molecular weight is 255 g/mol. The van der Waals surface area contributed by atoms with Crippen molar-refractivity contribution in [2.75, 3.05) is 45.9 Å². The first-order valence-electron chi connectivity index (χ1n) is 7.11. The molecule has 2 heterocycles. The summed E-state index contributed by atoms with van der Waals surface area (Å²) >= 11 is 0. The molecule has 0 aromatic rings. The molecular weight excluding hydrogens is 230 g/mol. The van der Waals surface area contributed by atoms with Gasteiger partial charge in [-0.05, 0) is 25.8 Å². The van der Waals surface area contributed by atoms with Crippen LogP contribution in [-0.4, -0.2) is 67.7 Å². The van der Waals surface area contributed by atoms with Gasteiger partial charge in [0.25, 0.3) is 0 Å². The average Bonchev–Trinajstić information content (AvgIpc) is 2.89. The summed E-state index contributed by atoms with van der Waals surface area (Å²) in [4.78, 5) is 16.2. The quantitative estimate of drug-likeness (QED) is 0.754. The van der Waals surface area contributed by atoms with E-state index in [2.05, 4.69) is 4.90 Å². The maximum Gasteiger partial charge on any atom is 0.222 e. The lowest BCUT2D eigenvalue weighted by Crippen LogP contribution is -2.50. The van der Waals surface area contributed by atoms with Gasteiger partial charge >= 0.3 is 0 Å². The molecule has 2 saturated heterocycles. The van der Waals surface area contributed by atoms with Crippen molar-refractivity contribution in [1.82, 2.24) is 9.80 Å². The summed E-state index contributed by atoms with van der Waals surface area (Å²) in [5.41, 5.74) is 5.43. The molecule has 2 aliphatic rings. The first-order valence-corrected chi connectivity index (χ1v) is 7.11. The standard InChI is InChI=1S/C13H25N3O2/c14-5-1-4-13(17)16-8-6-15(7-9-16)11-12-3-2-10-18-12/h12H,1-11,14H2. The van der Waals surface area contributed by atoms with Crippen molar-refractivity contribution in [3.8, 4) is 0 Å². The van der Waals surface area contributed by atoms with Crippen LogP contribution in [0.15, 0.2) is 0 Å². The SMILES string of the molecule is NCCCC(=O)N1CCN(CC2CCCO2)CC1. The second-order valence-electron chi connectivity index (χ2n) is 5.21. The lowest BCUT2D eigenvalue weighted by Gasteiger charge is -2.35. The van der Waals surface area contributed by atoms with E-state index in [-0.39, 0.29) is 5.91 Å². The number of rotatable bonds is 5. The Hall–Kier alpha value is -0.650. The molecule has 0 aromatic heterocycles. The van der Waals surface area contributed by atoms with E-state index < -0.39 is 0 Å².